The summed E-state index contributed by atoms with van der Waals surface area (Å²) in [5.41, 5.74) is 0. The van der Waals surface area contributed by atoms with Gasteiger partial charge < -0.3 is 5.11 Å². The average molecular weight is 337 g/mol. The molecule has 0 aromatic heterocycles. The fraction of sp³-hybridized carbons (Fsp3) is 1.00. The third-order valence-corrected chi connectivity index (χ3v) is 5.55. The second kappa shape index (κ2) is 13.3. The molecule has 0 fully saturated rings. The van der Waals surface area contributed by atoms with Crippen LogP contribution in [0, 0.1) is 0 Å². The predicted molar refractivity (Wildman–Crippen MR) is 92.7 cm³/mol. The lowest BCUT2D eigenvalue weighted by Crippen LogP contribution is -2.33. The van der Waals surface area contributed by atoms with Crippen LogP contribution in [0.25, 0.3) is 0 Å². The minimum absolute atomic E-state index is 0.358. The van der Waals surface area contributed by atoms with Crippen LogP contribution in [0.5, 0.6) is 0 Å². The van der Waals surface area contributed by atoms with Crippen molar-refractivity contribution in [3.8, 4) is 0 Å². The van der Waals surface area contributed by atoms with Gasteiger partial charge in [-0.1, -0.05) is 84.5 Å². The molecule has 0 radical (unpaired) electrons. The molecule has 0 aliphatic carbocycles. The molecule has 0 aliphatic heterocycles. The van der Waals surface area contributed by atoms with E-state index in [9.17, 15) is 18.1 Å². The molecule has 0 aliphatic rings. The Morgan fingerprint density at radius 1 is 0.727 bits per heavy atom. The second-order valence-corrected chi connectivity index (χ2v) is 8.02. The van der Waals surface area contributed by atoms with Crippen molar-refractivity contribution in [1.82, 2.24) is 0 Å². The normalized spacial score (nSPS) is 14.9. The van der Waals surface area contributed by atoms with Gasteiger partial charge in [0.25, 0.3) is 10.1 Å². The maximum Gasteiger partial charge on any atom is 0.270 e. The van der Waals surface area contributed by atoms with Crippen molar-refractivity contribution in [3.63, 3.8) is 0 Å². The molecule has 0 heterocycles. The fourth-order valence-corrected chi connectivity index (χ4v) is 3.85. The Labute approximate surface area is 137 Å². The first-order chi connectivity index (χ1) is 10.4. The summed E-state index contributed by atoms with van der Waals surface area (Å²) in [5, 5.41) is 8.84. The van der Waals surface area contributed by atoms with Gasteiger partial charge in [-0.15, -0.1) is 0 Å². The van der Waals surface area contributed by atoms with E-state index in [1.54, 1.807) is 0 Å². The van der Waals surface area contributed by atoms with Crippen LogP contribution < -0.4 is 0 Å². The number of hydrogen-bond acceptors (Lipinski definition) is 3. The molecular formula is C17H36O4S. The standard InChI is InChI=1S/C17H36O4S/c1-3-5-6-7-8-9-10-11-12-13-15-17(22(19,20)21)16(18)14-4-2/h16-18H,3-15H2,1-2H3,(H,19,20,21). The molecule has 0 amide bonds. The highest BCUT2D eigenvalue weighted by atomic mass is 32.2. The molecule has 0 rings (SSSR count). The molecule has 0 saturated heterocycles. The van der Waals surface area contributed by atoms with E-state index in [2.05, 4.69) is 6.92 Å². The van der Waals surface area contributed by atoms with E-state index in [0.29, 0.717) is 19.3 Å². The quantitative estimate of drug-likeness (QED) is 0.335. The van der Waals surface area contributed by atoms with E-state index >= 15 is 0 Å². The topological polar surface area (TPSA) is 74.6 Å². The Morgan fingerprint density at radius 3 is 1.59 bits per heavy atom. The number of aliphatic hydroxyl groups is 1. The van der Waals surface area contributed by atoms with E-state index in [4.69, 9.17) is 0 Å². The number of aliphatic hydroxyl groups excluding tert-OH is 1. The Kier molecular flexibility index (Phi) is 13.2. The van der Waals surface area contributed by atoms with Crippen LogP contribution in [0.15, 0.2) is 0 Å². The Bertz CT molecular complexity index is 341. The van der Waals surface area contributed by atoms with Crippen molar-refractivity contribution < 1.29 is 18.1 Å². The predicted octanol–water partition coefficient (Wildman–Crippen LogP) is 4.71. The van der Waals surface area contributed by atoms with E-state index in [-0.39, 0.29) is 0 Å². The first-order valence-electron chi connectivity index (χ1n) is 9.07. The molecule has 0 aromatic carbocycles. The van der Waals surface area contributed by atoms with Crippen molar-refractivity contribution in [3.05, 3.63) is 0 Å². The molecule has 134 valence electrons. The lowest BCUT2D eigenvalue weighted by molar-refractivity contribution is 0.149. The Morgan fingerprint density at radius 2 is 1.18 bits per heavy atom. The maximum absolute atomic E-state index is 11.3. The van der Waals surface area contributed by atoms with Gasteiger partial charge in [-0.3, -0.25) is 4.55 Å². The molecule has 22 heavy (non-hydrogen) atoms. The van der Waals surface area contributed by atoms with Crippen LogP contribution in [0.3, 0.4) is 0 Å². The Hall–Kier alpha value is -0.130. The van der Waals surface area contributed by atoms with Gasteiger partial charge in [0, 0.05) is 0 Å². The molecule has 0 saturated carbocycles. The molecule has 0 spiro atoms. The van der Waals surface area contributed by atoms with E-state index in [1.165, 1.54) is 44.9 Å². The molecule has 0 aromatic rings. The van der Waals surface area contributed by atoms with Gasteiger partial charge in [0.1, 0.15) is 5.25 Å². The summed E-state index contributed by atoms with van der Waals surface area (Å²) in [6.45, 7) is 4.11. The van der Waals surface area contributed by atoms with Crippen LogP contribution in [0.2, 0.25) is 0 Å². The summed E-state index contributed by atoms with van der Waals surface area (Å²) in [5.74, 6) is 0. The van der Waals surface area contributed by atoms with Crippen molar-refractivity contribution in [2.45, 2.75) is 109 Å². The van der Waals surface area contributed by atoms with Gasteiger partial charge in [0.15, 0.2) is 0 Å². The molecular weight excluding hydrogens is 300 g/mol. The lowest BCUT2D eigenvalue weighted by Gasteiger charge is -2.19. The van der Waals surface area contributed by atoms with E-state index in [0.717, 1.165) is 19.3 Å². The monoisotopic (exact) mass is 336 g/mol. The summed E-state index contributed by atoms with van der Waals surface area (Å²) in [6, 6.07) is 0. The highest BCUT2D eigenvalue weighted by Gasteiger charge is 2.29. The Balaban J connectivity index is 3.73. The average Bonchev–Trinajstić information content (AvgIpc) is 2.43. The third-order valence-electron chi connectivity index (χ3n) is 4.24. The van der Waals surface area contributed by atoms with Crippen molar-refractivity contribution in [2.24, 2.45) is 0 Å². The first kappa shape index (κ1) is 21.9. The number of hydrogen-bond donors (Lipinski definition) is 2. The van der Waals surface area contributed by atoms with Gasteiger partial charge in [-0.25, -0.2) is 0 Å². The smallest absolute Gasteiger partial charge is 0.270 e. The molecule has 0 bridgehead atoms. The van der Waals surface area contributed by atoms with Crippen LogP contribution in [0.1, 0.15) is 97.3 Å². The molecule has 5 heteroatoms. The summed E-state index contributed by atoms with van der Waals surface area (Å²) in [6.07, 6.45) is 12.4. The largest absolute Gasteiger partial charge is 0.392 e. The second-order valence-electron chi connectivity index (χ2n) is 6.38. The minimum Gasteiger partial charge on any atom is -0.392 e. The summed E-state index contributed by atoms with van der Waals surface area (Å²) in [4.78, 5) is 0. The maximum atomic E-state index is 11.3. The highest BCUT2D eigenvalue weighted by Crippen LogP contribution is 2.18. The fourth-order valence-electron chi connectivity index (χ4n) is 2.85. The molecule has 2 atom stereocenters. The summed E-state index contributed by atoms with van der Waals surface area (Å²) >= 11 is 0. The van der Waals surface area contributed by atoms with Gasteiger partial charge in [0.05, 0.1) is 6.10 Å². The van der Waals surface area contributed by atoms with Crippen molar-refractivity contribution >= 4 is 10.1 Å². The van der Waals surface area contributed by atoms with Crippen molar-refractivity contribution in [2.75, 3.05) is 0 Å². The van der Waals surface area contributed by atoms with Gasteiger partial charge in [-0.05, 0) is 12.8 Å². The highest BCUT2D eigenvalue weighted by molar-refractivity contribution is 7.86. The van der Waals surface area contributed by atoms with Crippen LogP contribution in [-0.2, 0) is 10.1 Å². The lowest BCUT2D eigenvalue weighted by atomic mass is 10.0. The van der Waals surface area contributed by atoms with Crippen LogP contribution in [-0.4, -0.2) is 29.4 Å². The minimum atomic E-state index is -4.15. The SMILES string of the molecule is CCCCCCCCCCCCC(C(O)CCC)S(=O)(=O)O. The summed E-state index contributed by atoms with van der Waals surface area (Å²) < 4.78 is 31.9. The first-order valence-corrected chi connectivity index (χ1v) is 10.6. The van der Waals surface area contributed by atoms with E-state index < -0.39 is 21.5 Å². The summed E-state index contributed by atoms with van der Waals surface area (Å²) in [7, 11) is -4.15. The van der Waals surface area contributed by atoms with Gasteiger partial charge in [0.2, 0.25) is 0 Å². The van der Waals surface area contributed by atoms with E-state index in [1.807, 2.05) is 6.92 Å². The molecule has 4 nitrogen and oxygen atoms in total. The van der Waals surface area contributed by atoms with Crippen LogP contribution in [0.4, 0.5) is 0 Å². The number of unbranched alkanes of at least 4 members (excludes halogenated alkanes) is 9. The zero-order chi connectivity index (χ0) is 16.8. The van der Waals surface area contributed by atoms with Gasteiger partial charge >= 0.3 is 0 Å². The zero-order valence-corrected chi connectivity index (χ0v) is 15.3. The molecule has 2 unspecified atom stereocenters. The van der Waals surface area contributed by atoms with Gasteiger partial charge in [-0.2, -0.15) is 8.42 Å². The molecule has 2 N–H and O–H groups in total. The number of rotatable bonds is 15. The third kappa shape index (κ3) is 11.4. The zero-order valence-electron chi connectivity index (χ0n) is 14.5. The van der Waals surface area contributed by atoms with Crippen LogP contribution >= 0.6 is 0 Å². The van der Waals surface area contributed by atoms with Crippen molar-refractivity contribution in [1.29, 1.82) is 0 Å².